The van der Waals surface area contributed by atoms with Crippen molar-refractivity contribution in [1.82, 2.24) is 9.88 Å². The molecule has 2 rings (SSSR count). The van der Waals surface area contributed by atoms with Crippen LogP contribution in [-0.4, -0.2) is 47.8 Å². The highest BCUT2D eigenvalue weighted by atomic mass is 35.5. The van der Waals surface area contributed by atoms with Crippen molar-refractivity contribution in [2.45, 2.75) is 6.42 Å². The first-order valence-electron chi connectivity index (χ1n) is 5.86. The number of carbonyl (C=O) groups is 1. The molecule has 6 heteroatoms. The molecule has 1 atom stereocenters. The molecule has 1 unspecified atom stereocenters. The Bertz CT molecular complexity index is 441. The lowest BCUT2D eigenvalue weighted by Gasteiger charge is -2.21. The third kappa shape index (κ3) is 2.85. The average Bonchev–Trinajstić information content (AvgIpc) is 2.77. The molecule has 1 N–H and O–H groups in total. The van der Waals surface area contributed by atoms with E-state index in [4.69, 9.17) is 16.7 Å². The van der Waals surface area contributed by atoms with Crippen molar-refractivity contribution in [2.75, 3.05) is 31.6 Å². The Kier molecular flexibility index (Phi) is 3.91. The van der Waals surface area contributed by atoms with Gasteiger partial charge in [-0.1, -0.05) is 11.6 Å². The molecule has 0 bridgehead atoms. The lowest BCUT2D eigenvalue weighted by molar-refractivity contribution is 0.150. The highest BCUT2D eigenvalue weighted by molar-refractivity contribution is 6.33. The van der Waals surface area contributed by atoms with Gasteiger partial charge in [0.2, 0.25) is 0 Å². The average molecular weight is 270 g/mol. The van der Waals surface area contributed by atoms with E-state index >= 15 is 0 Å². The minimum absolute atomic E-state index is 0.349. The molecule has 18 heavy (non-hydrogen) atoms. The van der Waals surface area contributed by atoms with Crippen molar-refractivity contribution in [3.63, 3.8) is 0 Å². The maximum atomic E-state index is 10.8. The van der Waals surface area contributed by atoms with Crippen LogP contribution in [0, 0.1) is 5.92 Å². The molecule has 0 saturated carbocycles. The first-order chi connectivity index (χ1) is 8.58. The molecule has 0 radical (unpaired) electrons. The molecule has 0 spiro atoms. The van der Waals surface area contributed by atoms with Gasteiger partial charge in [-0.25, -0.2) is 4.79 Å². The predicted molar refractivity (Wildman–Crippen MR) is 70.2 cm³/mol. The van der Waals surface area contributed by atoms with Crippen LogP contribution in [0.2, 0.25) is 5.02 Å². The Morgan fingerprint density at radius 1 is 1.72 bits per heavy atom. The van der Waals surface area contributed by atoms with Gasteiger partial charge in [0.1, 0.15) is 0 Å². The minimum Gasteiger partial charge on any atom is -0.465 e. The van der Waals surface area contributed by atoms with Gasteiger partial charge in [0.25, 0.3) is 0 Å². The van der Waals surface area contributed by atoms with Crippen LogP contribution in [-0.2, 0) is 0 Å². The molecule has 1 aliphatic rings. The van der Waals surface area contributed by atoms with Crippen molar-refractivity contribution in [3.05, 3.63) is 23.5 Å². The number of halogens is 1. The van der Waals surface area contributed by atoms with Gasteiger partial charge in [0, 0.05) is 32.9 Å². The van der Waals surface area contributed by atoms with E-state index in [0.717, 1.165) is 25.2 Å². The highest BCUT2D eigenvalue weighted by Crippen LogP contribution is 2.29. The maximum absolute atomic E-state index is 10.8. The lowest BCUT2D eigenvalue weighted by Crippen LogP contribution is -2.32. The zero-order chi connectivity index (χ0) is 13.1. The second-order valence-corrected chi connectivity index (χ2v) is 5.00. The van der Waals surface area contributed by atoms with Gasteiger partial charge in [0.05, 0.1) is 16.9 Å². The van der Waals surface area contributed by atoms with E-state index in [9.17, 15) is 4.79 Å². The molecule has 2 heterocycles. The fourth-order valence-corrected chi connectivity index (χ4v) is 2.49. The number of hydrogen-bond acceptors (Lipinski definition) is 3. The van der Waals surface area contributed by atoms with Crippen LogP contribution in [0.4, 0.5) is 10.5 Å². The summed E-state index contributed by atoms with van der Waals surface area (Å²) in [6.45, 7) is 2.27. The molecule has 1 saturated heterocycles. The third-order valence-electron chi connectivity index (χ3n) is 3.23. The Hall–Kier alpha value is -1.49. The summed E-state index contributed by atoms with van der Waals surface area (Å²) in [6.07, 6.45) is 3.51. The molecule has 0 aromatic carbocycles. The van der Waals surface area contributed by atoms with E-state index < -0.39 is 6.09 Å². The molecule has 5 nitrogen and oxygen atoms in total. The van der Waals surface area contributed by atoms with Crippen LogP contribution in [0.25, 0.3) is 0 Å². The van der Waals surface area contributed by atoms with E-state index in [2.05, 4.69) is 9.88 Å². The smallest absolute Gasteiger partial charge is 0.407 e. The van der Waals surface area contributed by atoms with Crippen LogP contribution in [0.3, 0.4) is 0 Å². The summed E-state index contributed by atoms with van der Waals surface area (Å²) in [4.78, 5) is 18.3. The van der Waals surface area contributed by atoms with E-state index in [-0.39, 0.29) is 0 Å². The van der Waals surface area contributed by atoms with E-state index in [1.807, 2.05) is 0 Å². The van der Waals surface area contributed by atoms with Gasteiger partial charge >= 0.3 is 6.09 Å². The second-order valence-electron chi connectivity index (χ2n) is 4.59. The van der Waals surface area contributed by atoms with Gasteiger partial charge < -0.3 is 14.9 Å². The lowest BCUT2D eigenvalue weighted by atomic mass is 10.1. The topological polar surface area (TPSA) is 56.7 Å². The molecule has 0 aliphatic carbocycles. The molecule has 1 aromatic heterocycles. The first kappa shape index (κ1) is 13.0. The SMILES string of the molecule is CN(CC1CCN(c2cnccc2Cl)C1)C(=O)O. The minimum atomic E-state index is -0.882. The fourth-order valence-electron chi connectivity index (χ4n) is 2.27. The zero-order valence-electron chi connectivity index (χ0n) is 10.2. The summed E-state index contributed by atoms with van der Waals surface area (Å²) in [6, 6.07) is 1.77. The number of amides is 1. The van der Waals surface area contributed by atoms with E-state index in [1.54, 1.807) is 25.5 Å². The van der Waals surface area contributed by atoms with Crippen LogP contribution in [0.15, 0.2) is 18.5 Å². The summed E-state index contributed by atoms with van der Waals surface area (Å²) in [5, 5.41) is 9.54. The zero-order valence-corrected chi connectivity index (χ0v) is 11.0. The number of pyridine rings is 1. The van der Waals surface area contributed by atoms with Crippen molar-refractivity contribution in [3.8, 4) is 0 Å². The largest absolute Gasteiger partial charge is 0.465 e. The number of carboxylic acid groups (broad SMARTS) is 1. The molecule has 1 aromatic rings. The summed E-state index contributed by atoms with van der Waals surface area (Å²) in [5.41, 5.74) is 0.930. The Balaban J connectivity index is 1.97. The molecule has 1 fully saturated rings. The second kappa shape index (κ2) is 5.44. The summed E-state index contributed by atoms with van der Waals surface area (Å²) in [5.74, 6) is 0.349. The van der Waals surface area contributed by atoms with Crippen molar-refractivity contribution < 1.29 is 9.90 Å². The highest BCUT2D eigenvalue weighted by Gasteiger charge is 2.26. The van der Waals surface area contributed by atoms with Crippen molar-refractivity contribution in [2.24, 2.45) is 5.92 Å². The van der Waals surface area contributed by atoms with Gasteiger partial charge in [-0.15, -0.1) is 0 Å². The van der Waals surface area contributed by atoms with Crippen LogP contribution in [0.1, 0.15) is 6.42 Å². The molecule has 1 amide bonds. The molecular formula is C12H16ClN3O2. The summed E-state index contributed by atoms with van der Waals surface area (Å²) >= 11 is 6.12. The molecule has 98 valence electrons. The van der Waals surface area contributed by atoms with Crippen LogP contribution >= 0.6 is 11.6 Å². The van der Waals surface area contributed by atoms with Gasteiger partial charge in [-0.3, -0.25) is 4.98 Å². The van der Waals surface area contributed by atoms with Crippen molar-refractivity contribution in [1.29, 1.82) is 0 Å². The third-order valence-corrected chi connectivity index (χ3v) is 3.55. The number of nitrogens with zero attached hydrogens (tertiary/aromatic N) is 3. The van der Waals surface area contributed by atoms with Gasteiger partial charge in [-0.2, -0.15) is 0 Å². The Morgan fingerprint density at radius 3 is 3.17 bits per heavy atom. The summed E-state index contributed by atoms with van der Waals surface area (Å²) in [7, 11) is 1.60. The molecular weight excluding hydrogens is 254 g/mol. The monoisotopic (exact) mass is 269 g/mol. The van der Waals surface area contributed by atoms with Crippen LogP contribution < -0.4 is 4.90 Å². The van der Waals surface area contributed by atoms with Gasteiger partial charge in [0.15, 0.2) is 0 Å². The first-order valence-corrected chi connectivity index (χ1v) is 6.24. The molecule has 1 aliphatic heterocycles. The van der Waals surface area contributed by atoms with Crippen LogP contribution in [0.5, 0.6) is 0 Å². The number of hydrogen-bond donors (Lipinski definition) is 1. The number of aromatic nitrogens is 1. The normalized spacial score (nSPS) is 19.0. The van der Waals surface area contributed by atoms with Crippen molar-refractivity contribution >= 4 is 23.4 Å². The Labute approximate surface area is 111 Å². The fraction of sp³-hybridized carbons (Fsp3) is 0.500. The van der Waals surface area contributed by atoms with E-state index in [1.165, 1.54) is 4.90 Å². The Morgan fingerprint density at radius 2 is 2.50 bits per heavy atom. The standard InChI is InChI=1S/C12H16ClN3O2/c1-15(12(17)18)7-9-3-5-16(8-9)11-6-14-4-2-10(11)13/h2,4,6,9H,3,5,7-8H2,1H3,(H,17,18). The summed E-state index contributed by atoms with van der Waals surface area (Å²) < 4.78 is 0. The van der Waals surface area contributed by atoms with E-state index in [0.29, 0.717) is 17.5 Å². The quantitative estimate of drug-likeness (QED) is 0.914. The number of rotatable bonds is 3. The number of anilines is 1. The van der Waals surface area contributed by atoms with Gasteiger partial charge in [-0.05, 0) is 18.4 Å². The predicted octanol–water partition coefficient (Wildman–Crippen LogP) is 2.17. The maximum Gasteiger partial charge on any atom is 0.407 e.